The Bertz CT molecular complexity index is 965. The average Bonchev–Trinajstić information content (AvgIpc) is 3.41. The SMILES string of the molecule is Clc1ccc(CCC2(Cn3ccnc3)OCC(CSCc3c(Cl)cccc3Cl)O2)cc1. The average molecular weight is 498 g/mol. The summed E-state index contributed by atoms with van der Waals surface area (Å²) < 4.78 is 14.7. The first-order valence-electron chi connectivity index (χ1n) is 10.1. The van der Waals surface area contributed by atoms with Crippen molar-refractivity contribution in [2.24, 2.45) is 0 Å². The second-order valence-corrected chi connectivity index (χ2v) is 9.82. The summed E-state index contributed by atoms with van der Waals surface area (Å²) in [6.07, 6.45) is 7.06. The van der Waals surface area contributed by atoms with Gasteiger partial charge in [0.1, 0.15) is 0 Å². The molecule has 4 nitrogen and oxygen atoms in total. The smallest absolute Gasteiger partial charge is 0.187 e. The molecule has 3 aromatic rings. The highest BCUT2D eigenvalue weighted by atomic mass is 35.5. The summed E-state index contributed by atoms with van der Waals surface area (Å²) >= 11 is 20.3. The zero-order valence-corrected chi connectivity index (χ0v) is 19.9. The Balaban J connectivity index is 1.37. The van der Waals surface area contributed by atoms with E-state index in [9.17, 15) is 0 Å². The number of aryl methyl sites for hydroxylation is 1. The van der Waals surface area contributed by atoms with Gasteiger partial charge >= 0.3 is 0 Å². The maximum atomic E-state index is 6.48. The highest BCUT2D eigenvalue weighted by Gasteiger charge is 2.41. The van der Waals surface area contributed by atoms with E-state index in [-0.39, 0.29) is 6.10 Å². The molecule has 0 spiro atoms. The fourth-order valence-electron chi connectivity index (χ4n) is 3.60. The van der Waals surface area contributed by atoms with E-state index in [1.165, 1.54) is 5.56 Å². The van der Waals surface area contributed by atoms with Gasteiger partial charge in [0, 0.05) is 45.4 Å². The van der Waals surface area contributed by atoms with E-state index in [1.807, 2.05) is 53.2 Å². The maximum absolute atomic E-state index is 6.48. The van der Waals surface area contributed by atoms with E-state index >= 15 is 0 Å². The molecule has 0 aliphatic carbocycles. The minimum absolute atomic E-state index is 0.00000231. The van der Waals surface area contributed by atoms with Crippen LogP contribution in [0, 0.1) is 0 Å². The molecule has 0 saturated carbocycles. The first kappa shape index (κ1) is 23.0. The van der Waals surface area contributed by atoms with Crippen LogP contribution >= 0.6 is 46.6 Å². The van der Waals surface area contributed by atoms with E-state index in [0.717, 1.165) is 34.9 Å². The molecule has 2 unspecified atom stereocenters. The molecule has 2 aromatic carbocycles. The van der Waals surface area contributed by atoms with Crippen LogP contribution in [0.25, 0.3) is 0 Å². The summed E-state index contributed by atoms with van der Waals surface area (Å²) in [6.45, 7) is 1.15. The minimum atomic E-state index is -0.687. The number of ether oxygens (including phenoxy) is 2. The van der Waals surface area contributed by atoms with Crippen molar-refractivity contribution in [2.75, 3.05) is 12.4 Å². The van der Waals surface area contributed by atoms with Crippen LogP contribution in [0.15, 0.2) is 61.2 Å². The summed E-state index contributed by atoms with van der Waals surface area (Å²) in [7, 11) is 0. The second kappa shape index (κ2) is 10.6. The molecule has 0 radical (unpaired) electrons. The number of hydrogen-bond donors (Lipinski definition) is 0. The number of nitrogens with zero attached hydrogens (tertiary/aromatic N) is 2. The number of thioether (sulfide) groups is 1. The van der Waals surface area contributed by atoms with E-state index in [4.69, 9.17) is 44.3 Å². The third-order valence-electron chi connectivity index (χ3n) is 5.22. The molecule has 4 rings (SSSR count). The van der Waals surface area contributed by atoms with Gasteiger partial charge < -0.3 is 14.0 Å². The predicted molar refractivity (Wildman–Crippen MR) is 128 cm³/mol. The molecular weight excluding hydrogens is 475 g/mol. The molecule has 1 fully saturated rings. The number of imidazole rings is 1. The molecule has 1 saturated heterocycles. The Hall–Kier alpha value is -1.21. The highest BCUT2D eigenvalue weighted by molar-refractivity contribution is 7.98. The molecule has 0 N–H and O–H groups in total. The van der Waals surface area contributed by atoms with Crippen LogP contribution in [-0.4, -0.2) is 33.8 Å². The molecule has 1 aliphatic heterocycles. The molecule has 2 atom stereocenters. The van der Waals surface area contributed by atoms with Crippen molar-refractivity contribution >= 4 is 46.6 Å². The normalized spacial score (nSPS) is 20.9. The molecule has 31 heavy (non-hydrogen) atoms. The van der Waals surface area contributed by atoms with Crippen molar-refractivity contribution in [1.29, 1.82) is 0 Å². The quantitative estimate of drug-likeness (QED) is 0.337. The molecule has 0 amide bonds. The van der Waals surface area contributed by atoms with Crippen molar-refractivity contribution < 1.29 is 9.47 Å². The van der Waals surface area contributed by atoms with Gasteiger partial charge in [-0.1, -0.05) is 53.0 Å². The largest absolute Gasteiger partial charge is 0.345 e. The predicted octanol–water partition coefficient (Wildman–Crippen LogP) is 6.52. The Morgan fingerprint density at radius 3 is 2.58 bits per heavy atom. The van der Waals surface area contributed by atoms with Crippen molar-refractivity contribution in [3.8, 4) is 0 Å². The van der Waals surface area contributed by atoms with E-state index in [1.54, 1.807) is 24.3 Å². The van der Waals surface area contributed by atoms with Gasteiger partial charge in [0.15, 0.2) is 5.79 Å². The fraction of sp³-hybridized carbons (Fsp3) is 0.348. The molecule has 8 heteroatoms. The summed E-state index contributed by atoms with van der Waals surface area (Å²) in [4.78, 5) is 4.15. The van der Waals surface area contributed by atoms with Crippen LogP contribution in [0.5, 0.6) is 0 Å². The standard InChI is InChI=1S/C23H23Cl3N2O2S/c24-18-6-4-17(5-7-18)8-9-23(15-28-11-10-27-16-28)29-12-19(30-23)13-31-14-20-21(25)2-1-3-22(20)26/h1-7,10-11,16,19H,8-9,12-15H2. The Labute approximate surface area is 201 Å². The van der Waals surface area contributed by atoms with E-state index < -0.39 is 5.79 Å². The number of halogens is 3. The lowest BCUT2D eigenvalue weighted by Crippen LogP contribution is -2.37. The van der Waals surface area contributed by atoms with Crippen LogP contribution in [0.1, 0.15) is 17.5 Å². The van der Waals surface area contributed by atoms with Gasteiger partial charge in [-0.05, 0) is 41.8 Å². The molecule has 1 aromatic heterocycles. The van der Waals surface area contributed by atoms with Gasteiger partial charge in [0.05, 0.1) is 25.6 Å². The van der Waals surface area contributed by atoms with Gasteiger partial charge in [-0.25, -0.2) is 4.98 Å². The third kappa shape index (κ3) is 6.19. The van der Waals surface area contributed by atoms with Crippen molar-refractivity contribution in [1.82, 2.24) is 9.55 Å². The molecule has 1 aliphatic rings. The van der Waals surface area contributed by atoms with Crippen molar-refractivity contribution in [3.63, 3.8) is 0 Å². The van der Waals surface area contributed by atoms with Crippen LogP contribution in [0.4, 0.5) is 0 Å². The Kier molecular flexibility index (Phi) is 7.86. The number of rotatable bonds is 9. The van der Waals surface area contributed by atoms with Gasteiger partial charge in [-0.3, -0.25) is 0 Å². The third-order valence-corrected chi connectivity index (χ3v) is 7.28. The maximum Gasteiger partial charge on any atom is 0.187 e. The van der Waals surface area contributed by atoms with Gasteiger partial charge in [0.25, 0.3) is 0 Å². The lowest BCUT2D eigenvalue weighted by Gasteiger charge is -2.28. The van der Waals surface area contributed by atoms with Crippen molar-refractivity contribution in [2.45, 2.75) is 37.0 Å². The zero-order valence-electron chi connectivity index (χ0n) is 16.8. The second-order valence-electron chi connectivity index (χ2n) is 7.54. The van der Waals surface area contributed by atoms with Gasteiger partial charge in [-0.15, -0.1) is 0 Å². The summed E-state index contributed by atoms with van der Waals surface area (Å²) in [5.41, 5.74) is 2.16. The Morgan fingerprint density at radius 1 is 1.10 bits per heavy atom. The van der Waals surface area contributed by atoms with E-state index in [2.05, 4.69) is 4.98 Å². The summed E-state index contributed by atoms with van der Waals surface area (Å²) in [5, 5.41) is 2.13. The summed E-state index contributed by atoms with van der Waals surface area (Å²) in [6, 6.07) is 13.5. The molecular formula is C23H23Cl3N2O2S. The molecule has 164 valence electrons. The van der Waals surface area contributed by atoms with Gasteiger partial charge in [-0.2, -0.15) is 11.8 Å². The first-order valence-corrected chi connectivity index (χ1v) is 12.3. The topological polar surface area (TPSA) is 36.3 Å². The highest BCUT2D eigenvalue weighted by Crippen LogP contribution is 2.34. The van der Waals surface area contributed by atoms with Crippen LogP contribution in [-0.2, 0) is 28.2 Å². The van der Waals surface area contributed by atoms with Crippen LogP contribution in [0.2, 0.25) is 15.1 Å². The summed E-state index contributed by atoms with van der Waals surface area (Å²) in [5.74, 6) is 0.847. The lowest BCUT2D eigenvalue weighted by molar-refractivity contribution is -0.180. The molecule has 2 heterocycles. The van der Waals surface area contributed by atoms with Crippen molar-refractivity contribution in [3.05, 3.63) is 87.4 Å². The van der Waals surface area contributed by atoms with Crippen LogP contribution < -0.4 is 0 Å². The first-order chi connectivity index (χ1) is 15.0. The Morgan fingerprint density at radius 2 is 1.87 bits per heavy atom. The van der Waals surface area contributed by atoms with Crippen LogP contribution in [0.3, 0.4) is 0 Å². The monoisotopic (exact) mass is 496 g/mol. The van der Waals surface area contributed by atoms with Gasteiger partial charge in [0.2, 0.25) is 0 Å². The zero-order chi connectivity index (χ0) is 21.7. The molecule has 0 bridgehead atoms. The number of aromatic nitrogens is 2. The number of hydrogen-bond acceptors (Lipinski definition) is 4. The minimum Gasteiger partial charge on any atom is -0.345 e. The fourth-order valence-corrected chi connectivity index (χ4v) is 5.47. The lowest BCUT2D eigenvalue weighted by atomic mass is 10.0. The number of benzene rings is 2. The van der Waals surface area contributed by atoms with E-state index in [0.29, 0.717) is 23.2 Å².